The number of benzene rings is 4. The van der Waals surface area contributed by atoms with Crippen molar-refractivity contribution in [1.82, 2.24) is 0 Å². The maximum absolute atomic E-state index is 12.5. The number of hydrogen-bond acceptors (Lipinski definition) is 6. The first-order chi connectivity index (χ1) is 30.5. The third-order valence-electron chi connectivity index (χ3n) is 12.4. The fourth-order valence-electron chi connectivity index (χ4n) is 8.60. The Balaban J connectivity index is 1.97. The number of rotatable bonds is 15. The van der Waals surface area contributed by atoms with Crippen LogP contribution in [-0.2, 0) is 56.9 Å². The van der Waals surface area contributed by atoms with Gasteiger partial charge in [0, 0.05) is 32.1 Å². The second-order valence-electron chi connectivity index (χ2n) is 22.5. The van der Waals surface area contributed by atoms with Crippen molar-refractivity contribution in [1.29, 1.82) is 0 Å². The summed E-state index contributed by atoms with van der Waals surface area (Å²) in [6, 6.07) is 19.1. The van der Waals surface area contributed by atoms with Gasteiger partial charge in [0.1, 0.15) is 23.0 Å². The lowest BCUT2D eigenvalue weighted by atomic mass is 9.79. The highest BCUT2D eigenvalue weighted by Crippen LogP contribution is 2.44. The largest absolute Gasteiger partial charge is 0.493 e. The summed E-state index contributed by atoms with van der Waals surface area (Å²) < 4.78 is 33.2. The van der Waals surface area contributed by atoms with E-state index in [1.54, 1.807) is 0 Å². The molecule has 0 heterocycles. The van der Waals surface area contributed by atoms with E-state index >= 15 is 0 Å². The normalized spacial score (nSPS) is 13.4. The van der Waals surface area contributed by atoms with Gasteiger partial charge in [0.2, 0.25) is 0 Å². The molecule has 0 atom stereocenters. The van der Waals surface area contributed by atoms with Gasteiger partial charge in [0.05, 0.1) is 33.0 Å². The van der Waals surface area contributed by atoms with E-state index in [0.29, 0.717) is 71.6 Å². The van der Waals surface area contributed by atoms with Crippen LogP contribution in [0.25, 0.3) is 0 Å². The molecule has 0 aromatic heterocycles. The van der Waals surface area contributed by atoms with E-state index in [0.717, 1.165) is 64.5 Å². The van der Waals surface area contributed by atoms with Crippen molar-refractivity contribution >= 4 is 5.97 Å². The zero-order valence-electron chi connectivity index (χ0n) is 43.5. The molecule has 0 aliphatic heterocycles. The third-order valence-corrected chi connectivity index (χ3v) is 12.4. The summed E-state index contributed by atoms with van der Waals surface area (Å²) in [6.45, 7) is 38.6. The van der Waals surface area contributed by atoms with Crippen molar-refractivity contribution in [2.45, 2.75) is 190 Å². The molecule has 0 radical (unpaired) electrons. The molecular weight excluding hydrogens is 805 g/mol. The van der Waals surface area contributed by atoms with E-state index in [1.165, 1.54) is 44.5 Å². The molecule has 5 rings (SSSR count). The van der Waals surface area contributed by atoms with Crippen LogP contribution in [0, 0.1) is 0 Å². The van der Waals surface area contributed by atoms with Gasteiger partial charge in [0.15, 0.2) is 0 Å². The summed E-state index contributed by atoms with van der Waals surface area (Å²) in [6.07, 6.45) is 6.08. The van der Waals surface area contributed by atoms with Crippen molar-refractivity contribution in [3.05, 3.63) is 115 Å². The molecule has 6 nitrogen and oxygen atoms in total. The second kappa shape index (κ2) is 21.5. The maximum Gasteiger partial charge on any atom is 0.305 e. The molecule has 0 fully saturated rings. The quantitative estimate of drug-likeness (QED) is 0.0771. The number of ether oxygens (including phenoxy) is 5. The molecule has 65 heavy (non-hydrogen) atoms. The average Bonchev–Trinajstić information content (AvgIpc) is 3.20. The number of fused-ring (bicyclic) bond motifs is 8. The molecule has 0 spiro atoms. The number of carbonyl (C=O) groups excluding carboxylic acids is 1. The van der Waals surface area contributed by atoms with Crippen LogP contribution < -0.4 is 18.9 Å². The van der Waals surface area contributed by atoms with E-state index < -0.39 is 0 Å². The van der Waals surface area contributed by atoms with Crippen molar-refractivity contribution < 1.29 is 28.5 Å². The van der Waals surface area contributed by atoms with Gasteiger partial charge in [-0.15, -0.1) is 0 Å². The molecular formula is C59H84O6. The minimum absolute atomic E-state index is 0.103. The molecule has 6 heteroatoms. The fraction of sp³-hybridized carbons (Fsp3) is 0.576. The lowest BCUT2D eigenvalue weighted by molar-refractivity contribution is -0.143. The van der Waals surface area contributed by atoms with Gasteiger partial charge in [-0.05, 0) is 121 Å². The van der Waals surface area contributed by atoms with E-state index in [9.17, 15) is 4.79 Å². The summed E-state index contributed by atoms with van der Waals surface area (Å²) in [7, 11) is 0. The zero-order valence-corrected chi connectivity index (χ0v) is 43.5. The first-order valence-corrected chi connectivity index (χ1v) is 24.8. The number of hydrogen-bond donors (Lipinski definition) is 0. The molecule has 0 saturated carbocycles. The molecule has 1 aliphatic rings. The zero-order chi connectivity index (χ0) is 47.9. The van der Waals surface area contributed by atoms with Crippen molar-refractivity contribution in [2.24, 2.45) is 0 Å². The van der Waals surface area contributed by atoms with Crippen LogP contribution in [0.15, 0.2) is 48.5 Å². The first kappa shape index (κ1) is 51.5. The monoisotopic (exact) mass is 889 g/mol. The van der Waals surface area contributed by atoms with E-state index in [1.807, 2.05) is 6.92 Å². The van der Waals surface area contributed by atoms with E-state index in [-0.39, 0.29) is 27.6 Å². The molecule has 1 aliphatic carbocycles. The van der Waals surface area contributed by atoms with Crippen molar-refractivity contribution in [3.8, 4) is 23.0 Å². The van der Waals surface area contributed by atoms with E-state index in [4.69, 9.17) is 23.7 Å². The maximum atomic E-state index is 12.5. The van der Waals surface area contributed by atoms with Gasteiger partial charge in [-0.25, -0.2) is 0 Å². The summed E-state index contributed by atoms with van der Waals surface area (Å²) >= 11 is 0. The predicted octanol–water partition coefficient (Wildman–Crippen LogP) is 14.6. The number of carbonyl (C=O) groups is 1. The van der Waals surface area contributed by atoms with Gasteiger partial charge >= 0.3 is 5.97 Å². The van der Waals surface area contributed by atoms with Gasteiger partial charge in [-0.1, -0.05) is 152 Å². The fourth-order valence-corrected chi connectivity index (χ4v) is 8.60. The second-order valence-corrected chi connectivity index (χ2v) is 22.5. The Morgan fingerprint density at radius 1 is 0.400 bits per heavy atom. The minimum Gasteiger partial charge on any atom is -0.493 e. The highest BCUT2D eigenvalue weighted by atomic mass is 16.5. The van der Waals surface area contributed by atoms with E-state index in [2.05, 4.69) is 152 Å². The summed E-state index contributed by atoms with van der Waals surface area (Å²) in [5.74, 6) is 3.54. The molecule has 8 bridgehead atoms. The standard InChI is InChI=1S/C59H84O6/c1-17-23-62-52-39-27-41-33-48(57(8,9)10)35-43(53(41)63-24-18-2)29-45-37-50(59(14,15)16)38-46(55(45)65-26-21-22-51(60)61-20-4)30-44-36-49(58(11,12)13)34-42(54(44)64-25-19-3)28-40(52)32-47(31-39)56(5,6)7/h31-38H,17-30H2,1-16H3. The van der Waals surface area contributed by atoms with Gasteiger partial charge < -0.3 is 23.7 Å². The average molecular weight is 889 g/mol. The molecule has 0 amide bonds. The van der Waals surface area contributed by atoms with Crippen molar-refractivity contribution in [3.63, 3.8) is 0 Å². The van der Waals surface area contributed by atoms with Gasteiger partial charge in [0.25, 0.3) is 0 Å². The Hall–Kier alpha value is -4.45. The highest BCUT2D eigenvalue weighted by Gasteiger charge is 2.29. The van der Waals surface area contributed by atoms with Crippen LogP contribution in [-0.4, -0.2) is 39.0 Å². The minimum atomic E-state index is -0.197. The van der Waals surface area contributed by atoms with Crippen LogP contribution in [0.4, 0.5) is 0 Å². The first-order valence-electron chi connectivity index (χ1n) is 24.8. The predicted molar refractivity (Wildman–Crippen MR) is 271 cm³/mol. The Kier molecular flexibility index (Phi) is 17.0. The molecule has 356 valence electrons. The lowest BCUT2D eigenvalue weighted by Gasteiger charge is -2.29. The Morgan fingerprint density at radius 3 is 0.831 bits per heavy atom. The van der Waals surface area contributed by atoms with Gasteiger partial charge in [-0.3, -0.25) is 4.79 Å². The molecule has 0 unspecified atom stereocenters. The third kappa shape index (κ3) is 13.3. The Morgan fingerprint density at radius 2 is 0.631 bits per heavy atom. The van der Waals surface area contributed by atoms with Crippen LogP contribution in [0.1, 0.15) is 210 Å². The highest BCUT2D eigenvalue weighted by molar-refractivity contribution is 5.69. The molecule has 4 aromatic rings. The Labute approximate surface area is 394 Å². The molecule has 4 aromatic carbocycles. The van der Waals surface area contributed by atoms with Crippen LogP contribution >= 0.6 is 0 Å². The summed E-state index contributed by atoms with van der Waals surface area (Å²) in [5.41, 5.74) is 13.8. The van der Waals surface area contributed by atoms with Gasteiger partial charge in [-0.2, -0.15) is 0 Å². The topological polar surface area (TPSA) is 63.2 Å². The van der Waals surface area contributed by atoms with Crippen molar-refractivity contribution in [2.75, 3.05) is 33.0 Å². The number of esters is 1. The van der Waals surface area contributed by atoms with Crippen LogP contribution in [0.2, 0.25) is 0 Å². The van der Waals surface area contributed by atoms with Crippen LogP contribution in [0.5, 0.6) is 23.0 Å². The SMILES string of the molecule is CCCOc1c2cc(C(C)(C)C)cc1Cc1cc(C(C)(C)C)cc(c1OCCC)Cc1cc(C(C)(C)C)cc(c1OCCCC(=O)OCC)Cc1cc(C(C)(C)C)cc(c1OCCC)C2. The lowest BCUT2D eigenvalue weighted by Crippen LogP contribution is -2.18. The smallest absolute Gasteiger partial charge is 0.305 e. The molecule has 0 N–H and O–H groups in total. The summed E-state index contributed by atoms with van der Waals surface area (Å²) in [5, 5.41) is 0. The Bertz CT molecular complexity index is 2130. The van der Waals surface area contributed by atoms with Crippen LogP contribution in [0.3, 0.4) is 0 Å². The summed E-state index contributed by atoms with van der Waals surface area (Å²) in [4.78, 5) is 12.5. The molecule has 0 saturated heterocycles.